The Morgan fingerprint density at radius 2 is 2.07 bits per heavy atom. The molecule has 1 aromatic rings. The Morgan fingerprint density at radius 3 is 2.57 bits per heavy atom. The predicted molar refractivity (Wildman–Crippen MR) is 62.8 cm³/mol. The van der Waals surface area contributed by atoms with E-state index < -0.39 is 5.54 Å². The van der Waals surface area contributed by atoms with E-state index >= 15 is 0 Å². The van der Waals surface area contributed by atoms with Gasteiger partial charge in [0.05, 0.1) is 10.0 Å². The van der Waals surface area contributed by atoms with Crippen LogP contribution in [0.1, 0.15) is 18.9 Å². The Labute approximate surface area is 94.5 Å². The van der Waals surface area contributed by atoms with Gasteiger partial charge in [0.2, 0.25) is 0 Å². The van der Waals surface area contributed by atoms with Gasteiger partial charge >= 0.3 is 0 Å². The van der Waals surface area contributed by atoms with Gasteiger partial charge in [-0.15, -0.1) is 6.58 Å². The van der Waals surface area contributed by atoms with Crippen LogP contribution in [-0.2, 0) is 5.54 Å². The zero-order valence-electron chi connectivity index (χ0n) is 8.06. The van der Waals surface area contributed by atoms with Gasteiger partial charge in [0, 0.05) is 5.54 Å². The molecule has 0 aliphatic rings. The topological polar surface area (TPSA) is 26.0 Å². The van der Waals surface area contributed by atoms with Crippen molar-refractivity contribution in [3.63, 3.8) is 0 Å². The quantitative estimate of drug-likeness (QED) is 0.786. The standard InChI is InChI=1S/C11H13Cl2N/c1-3-6-11(2,14)8-4-5-9(12)10(13)7-8/h3-5,7H,1,6,14H2,2H3/t11-/m1/s1. The minimum absolute atomic E-state index is 0.435. The van der Waals surface area contributed by atoms with Crippen LogP contribution in [0.3, 0.4) is 0 Å². The Kier molecular flexibility index (Phi) is 3.59. The van der Waals surface area contributed by atoms with Gasteiger partial charge in [-0.05, 0) is 31.0 Å². The van der Waals surface area contributed by atoms with E-state index in [1.165, 1.54) is 0 Å². The molecule has 1 nitrogen and oxygen atoms in total. The molecule has 0 saturated heterocycles. The predicted octanol–water partition coefficient (Wildman–Crippen LogP) is 3.74. The first-order valence-corrected chi connectivity index (χ1v) is 5.08. The molecule has 0 unspecified atom stereocenters. The van der Waals surface area contributed by atoms with Gasteiger partial charge in [-0.2, -0.15) is 0 Å². The van der Waals surface area contributed by atoms with Crippen molar-refractivity contribution in [2.75, 3.05) is 0 Å². The summed E-state index contributed by atoms with van der Waals surface area (Å²) in [4.78, 5) is 0. The van der Waals surface area contributed by atoms with E-state index in [4.69, 9.17) is 28.9 Å². The molecule has 0 aliphatic heterocycles. The molecule has 0 amide bonds. The second kappa shape index (κ2) is 4.35. The molecule has 0 bridgehead atoms. The summed E-state index contributed by atoms with van der Waals surface area (Å²) in [5.41, 5.74) is 6.62. The van der Waals surface area contributed by atoms with Gasteiger partial charge in [0.1, 0.15) is 0 Å². The van der Waals surface area contributed by atoms with Crippen molar-refractivity contribution < 1.29 is 0 Å². The number of rotatable bonds is 3. The fourth-order valence-corrected chi connectivity index (χ4v) is 1.57. The van der Waals surface area contributed by atoms with Crippen LogP contribution in [0.4, 0.5) is 0 Å². The maximum absolute atomic E-state index is 6.09. The Balaban J connectivity index is 3.07. The third-order valence-corrected chi connectivity index (χ3v) is 2.89. The summed E-state index contributed by atoms with van der Waals surface area (Å²) in [5.74, 6) is 0. The number of benzene rings is 1. The van der Waals surface area contributed by atoms with Crippen molar-refractivity contribution in [1.29, 1.82) is 0 Å². The summed E-state index contributed by atoms with van der Waals surface area (Å²) in [6, 6.07) is 5.44. The van der Waals surface area contributed by atoms with Crippen LogP contribution in [-0.4, -0.2) is 0 Å². The molecule has 0 spiro atoms. The second-order valence-electron chi connectivity index (χ2n) is 3.54. The summed E-state index contributed by atoms with van der Waals surface area (Å²) in [6.07, 6.45) is 2.49. The van der Waals surface area contributed by atoms with E-state index in [1.807, 2.05) is 13.0 Å². The summed E-state index contributed by atoms with van der Waals surface area (Å²) < 4.78 is 0. The minimum atomic E-state index is -0.435. The van der Waals surface area contributed by atoms with E-state index in [2.05, 4.69) is 6.58 Å². The summed E-state index contributed by atoms with van der Waals surface area (Å²) in [7, 11) is 0. The molecular formula is C11H13Cl2N. The maximum Gasteiger partial charge on any atom is 0.0595 e. The van der Waals surface area contributed by atoms with Gasteiger partial charge in [-0.25, -0.2) is 0 Å². The smallest absolute Gasteiger partial charge is 0.0595 e. The van der Waals surface area contributed by atoms with E-state index in [1.54, 1.807) is 18.2 Å². The molecule has 3 heteroatoms. The molecule has 76 valence electrons. The minimum Gasteiger partial charge on any atom is -0.321 e. The zero-order valence-corrected chi connectivity index (χ0v) is 9.57. The average molecular weight is 230 g/mol. The van der Waals surface area contributed by atoms with Crippen molar-refractivity contribution in [3.8, 4) is 0 Å². The molecule has 1 aromatic carbocycles. The van der Waals surface area contributed by atoms with E-state index in [-0.39, 0.29) is 0 Å². The lowest BCUT2D eigenvalue weighted by Gasteiger charge is -2.23. The Hall–Kier alpha value is -0.500. The van der Waals surface area contributed by atoms with Crippen LogP contribution in [0.2, 0.25) is 10.0 Å². The SMILES string of the molecule is C=CC[C@@](C)(N)c1ccc(Cl)c(Cl)c1. The first kappa shape index (κ1) is 11.6. The molecule has 0 heterocycles. The van der Waals surface area contributed by atoms with Crippen LogP contribution in [0.15, 0.2) is 30.9 Å². The van der Waals surface area contributed by atoms with Crippen molar-refractivity contribution in [3.05, 3.63) is 46.5 Å². The van der Waals surface area contributed by atoms with Gasteiger partial charge in [-0.1, -0.05) is 35.3 Å². The average Bonchev–Trinajstić information content (AvgIpc) is 2.09. The fraction of sp³-hybridized carbons (Fsp3) is 0.273. The molecule has 0 fully saturated rings. The molecule has 2 N–H and O–H groups in total. The molecule has 0 saturated carbocycles. The van der Waals surface area contributed by atoms with Gasteiger partial charge in [0.15, 0.2) is 0 Å². The molecule has 1 rings (SSSR count). The van der Waals surface area contributed by atoms with E-state index in [0.717, 1.165) is 5.56 Å². The van der Waals surface area contributed by atoms with Crippen molar-refractivity contribution in [1.82, 2.24) is 0 Å². The van der Waals surface area contributed by atoms with Crippen LogP contribution in [0.25, 0.3) is 0 Å². The lowest BCUT2D eigenvalue weighted by molar-refractivity contribution is 0.502. The van der Waals surface area contributed by atoms with Gasteiger partial charge in [-0.3, -0.25) is 0 Å². The van der Waals surface area contributed by atoms with Crippen LogP contribution < -0.4 is 5.73 Å². The summed E-state index contributed by atoms with van der Waals surface area (Å²) >= 11 is 11.7. The maximum atomic E-state index is 6.09. The molecular weight excluding hydrogens is 217 g/mol. The number of hydrogen-bond acceptors (Lipinski definition) is 1. The lowest BCUT2D eigenvalue weighted by atomic mass is 9.90. The highest BCUT2D eigenvalue weighted by atomic mass is 35.5. The van der Waals surface area contributed by atoms with Crippen LogP contribution >= 0.6 is 23.2 Å². The van der Waals surface area contributed by atoms with Crippen molar-refractivity contribution >= 4 is 23.2 Å². The third kappa shape index (κ3) is 2.50. The Bertz CT molecular complexity index is 345. The molecule has 14 heavy (non-hydrogen) atoms. The van der Waals surface area contributed by atoms with E-state index in [9.17, 15) is 0 Å². The second-order valence-corrected chi connectivity index (χ2v) is 4.35. The highest BCUT2D eigenvalue weighted by Gasteiger charge is 2.19. The molecule has 0 aromatic heterocycles. The van der Waals surface area contributed by atoms with Gasteiger partial charge in [0.25, 0.3) is 0 Å². The number of halogens is 2. The third-order valence-electron chi connectivity index (χ3n) is 2.15. The fourth-order valence-electron chi connectivity index (χ4n) is 1.27. The molecule has 1 atom stereocenters. The summed E-state index contributed by atoms with van der Waals surface area (Å²) in [6.45, 7) is 5.61. The monoisotopic (exact) mass is 229 g/mol. The van der Waals surface area contributed by atoms with Crippen molar-refractivity contribution in [2.24, 2.45) is 5.73 Å². The zero-order chi connectivity index (χ0) is 10.8. The highest BCUT2D eigenvalue weighted by Crippen LogP contribution is 2.29. The normalized spacial score (nSPS) is 14.9. The Morgan fingerprint density at radius 1 is 1.43 bits per heavy atom. The van der Waals surface area contributed by atoms with Crippen molar-refractivity contribution in [2.45, 2.75) is 18.9 Å². The number of nitrogens with two attached hydrogens (primary N) is 1. The molecule has 0 aliphatic carbocycles. The lowest BCUT2D eigenvalue weighted by Crippen LogP contribution is -2.32. The van der Waals surface area contributed by atoms with Crippen LogP contribution in [0, 0.1) is 0 Å². The van der Waals surface area contributed by atoms with E-state index in [0.29, 0.717) is 16.5 Å². The van der Waals surface area contributed by atoms with Crippen LogP contribution in [0.5, 0.6) is 0 Å². The highest BCUT2D eigenvalue weighted by molar-refractivity contribution is 6.42. The molecule has 0 radical (unpaired) electrons. The summed E-state index contributed by atoms with van der Waals surface area (Å²) in [5, 5.41) is 1.08. The largest absolute Gasteiger partial charge is 0.321 e. The first-order valence-electron chi connectivity index (χ1n) is 4.32. The number of hydrogen-bond donors (Lipinski definition) is 1. The van der Waals surface area contributed by atoms with Gasteiger partial charge < -0.3 is 5.73 Å². The first-order chi connectivity index (χ1) is 6.47.